The summed E-state index contributed by atoms with van der Waals surface area (Å²) >= 11 is 1.48. The predicted molar refractivity (Wildman–Crippen MR) is 60.4 cm³/mol. The molecule has 0 amide bonds. The molecule has 1 aromatic rings. The van der Waals surface area contributed by atoms with Gasteiger partial charge in [-0.3, -0.25) is 0 Å². The van der Waals surface area contributed by atoms with E-state index in [1.165, 1.54) is 30.8 Å². The van der Waals surface area contributed by atoms with Crippen LogP contribution in [0.3, 0.4) is 0 Å². The van der Waals surface area contributed by atoms with Gasteiger partial charge in [0.05, 0.1) is 6.61 Å². The molecule has 0 aliphatic heterocycles. The average molecular weight is 262 g/mol. The first-order valence-electron chi connectivity index (χ1n) is 4.87. The molecular formula is C11H12F2O3S. The van der Waals surface area contributed by atoms with Gasteiger partial charge in [0.25, 0.3) is 0 Å². The van der Waals surface area contributed by atoms with Gasteiger partial charge in [-0.05, 0) is 37.4 Å². The number of hydrogen-bond acceptors (Lipinski definition) is 4. The van der Waals surface area contributed by atoms with Crippen LogP contribution in [0.15, 0.2) is 29.2 Å². The third kappa shape index (κ3) is 3.89. The average Bonchev–Trinajstić information content (AvgIpc) is 2.30. The molecule has 0 aliphatic rings. The van der Waals surface area contributed by atoms with Crippen molar-refractivity contribution in [2.24, 2.45) is 0 Å². The number of rotatable bonds is 5. The molecule has 1 rings (SSSR count). The van der Waals surface area contributed by atoms with Crippen molar-refractivity contribution in [3.8, 4) is 5.75 Å². The third-order valence-electron chi connectivity index (χ3n) is 1.82. The molecule has 0 bridgehead atoms. The number of hydrogen-bond donors (Lipinski definition) is 0. The predicted octanol–water partition coefficient (Wildman–Crippen LogP) is 2.94. The summed E-state index contributed by atoms with van der Waals surface area (Å²) in [6, 6.07) is 6.00. The highest BCUT2D eigenvalue weighted by molar-refractivity contribution is 7.98. The SMILES string of the molecule is CCOC(=O)C(F)(F)Oc1ccc(SC)cc1. The number of thioether (sulfide) groups is 1. The number of alkyl halides is 2. The van der Waals surface area contributed by atoms with Crippen molar-refractivity contribution in [2.45, 2.75) is 17.9 Å². The van der Waals surface area contributed by atoms with Crippen LogP contribution < -0.4 is 4.74 Å². The first kappa shape index (κ1) is 13.8. The second-order valence-corrected chi connectivity index (χ2v) is 3.89. The molecule has 0 saturated carbocycles. The van der Waals surface area contributed by atoms with Gasteiger partial charge >= 0.3 is 12.1 Å². The number of carbonyl (C=O) groups excluding carboxylic acids is 1. The molecule has 0 spiro atoms. The van der Waals surface area contributed by atoms with Crippen LogP contribution in [-0.4, -0.2) is 24.9 Å². The fraction of sp³-hybridized carbons (Fsp3) is 0.364. The number of halogens is 2. The zero-order valence-corrected chi connectivity index (χ0v) is 10.2. The van der Waals surface area contributed by atoms with Crippen LogP contribution in [0.2, 0.25) is 0 Å². The monoisotopic (exact) mass is 262 g/mol. The zero-order chi connectivity index (χ0) is 12.9. The van der Waals surface area contributed by atoms with Gasteiger partial charge in [-0.15, -0.1) is 11.8 Å². The molecule has 0 aromatic heterocycles. The Morgan fingerprint density at radius 2 is 1.94 bits per heavy atom. The Balaban J connectivity index is 2.71. The van der Waals surface area contributed by atoms with Crippen molar-refractivity contribution >= 4 is 17.7 Å². The van der Waals surface area contributed by atoms with E-state index in [0.29, 0.717) is 0 Å². The second kappa shape index (κ2) is 5.86. The lowest BCUT2D eigenvalue weighted by Gasteiger charge is -2.15. The van der Waals surface area contributed by atoms with Gasteiger partial charge in [-0.1, -0.05) is 0 Å². The summed E-state index contributed by atoms with van der Waals surface area (Å²) in [5.41, 5.74) is 0. The Bertz CT molecular complexity index is 379. The van der Waals surface area contributed by atoms with E-state index < -0.39 is 12.1 Å². The first-order valence-corrected chi connectivity index (χ1v) is 6.10. The number of esters is 1. The van der Waals surface area contributed by atoms with E-state index in [9.17, 15) is 13.6 Å². The summed E-state index contributed by atoms with van der Waals surface area (Å²) < 4.78 is 34.8. The van der Waals surface area contributed by atoms with Gasteiger partial charge in [-0.25, -0.2) is 4.79 Å². The van der Waals surface area contributed by atoms with Crippen molar-refractivity contribution in [1.29, 1.82) is 0 Å². The van der Waals surface area contributed by atoms with Crippen molar-refractivity contribution < 1.29 is 23.0 Å². The maximum absolute atomic E-state index is 13.2. The smallest absolute Gasteiger partial charge is 0.459 e. The Morgan fingerprint density at radius 1 is 1.35 bits per heavy atom. The van der Waals surface area contributed by atoms with E-state index in [1.807, 2.05) is 6.26 Å². The highest BCUT2D eigenvalue weighted by Crippen LogP contribution is 2.25. The van der Waals surface area contributed by atoms with Crippen LogP contribution in [0.5, 0.6) is 5.75 Å². The van der Waals surface area contributed by atoms with Gasteiger partial charge in [0.15, 0.2) is 0 Å². The summed E-state index contributed by atoms with van der Waals surface area (Å²) in [6.07, 6.45) is -2.10. The van der Waals surface area contributed by atoms with E-state index in [0.717, 1.165) is 4.90 Å². The molecule has 94 valence electrons. The molecular weight excluding hydrogens is 250 g/mol. The summed E-state index contributed by atoms with van der Waals surface area (Å²) in [7, 11) is 0. The molecule has 0 aliphatic carbocycles. The second-order valence-electron chi connectivity index (χ2n) is 3.01. The molecule has 0 N–H and O–H groups in total. The topological polar surface area (TPSA) is 35.5 Å². The molecule has 6 heteroatoms. The zero-order valence-electron chi connectivity index (χ0n) is 9.41. The van der Waals surface area contributed by atoms with Crippen LogP contribution in [0, 0.1) is 0 Å². The first-order chi connectivity index (χ1) is 7.99. The number of ether oxygens (including phenoxy) is 2. The van der Waals surface area contributed by atoms with Crippen LogP contribution in [-0.2, 0) is 9.53 Å². The quantitative estimate of drug-likeness (QED) is 0.603. The maximum atomic E-state index is 13.2. The minimum Gasteiger partial charge on any atom is -0.459 e. The van der Waals surface area contributed by atoms with Crippen molar-refractivity contribution in [1.82, 2.24) is 0 Å². The Kier molecular flexibility index (Phi) is 4.74. The Labute approximate surface area is 102 Å². The number of benzene rings is 1. The van der Waals surface area contributed by atoms with Gasteiger partial charge < -0.3 is 9.47 Å². The summed E-state index contributed by atoms with van der Waals surface area (Å²) in [5, 5.41) is 0. The maximum Gasteiger partial charge on any atom is 0.502 e. The standard InChI is InChI=1S/C11H12F2O3S/c1-3-15-10(14)11(12,13)16-8-4-6-9(17-2)7-5-8/h4-7H,3H2,1-2H3. The largest absolute Gasteiger partial charge is 0.502 e. The molecule has 17 heavy (non-hydrogen) atoms. The van der Waals surface area contributed by atoms with E-state index in [-0.39, 0.29) is 12.4 Å². The van der Waals surface area contributed by atoms with Crippen LogP contribution in [0.25, 0.3) is 0 Å². The van der Waals surface area contributed by atoms with Crippen LogP contribution in [0.1, 0.15) is 6.92 Å². The van der Waals surface area contributed by atoms with Crippen LogP contribution >= 0.6 is 11.8 Å². The molecule has 3 nitrogen and oxygen atoms in total. The van der Waals surface area contributed by atoms with Crippen molar-refractivity contribution in [3.63, 3.8) is 0 Å². The van der Waals surface area contributed by atoms with Gasteiger partial charge in [0, 0.05) is 4.90 Å². The third-order valence-corrected chi connectivity index (χ3v) is 2.56. The van der Waals surface area contributed by atoms with Gasteiger partial charge in [-0.2, -0.15) is 8.78 Å². The van der Waals surface area contributed by atoms with E-state index in [2.05, 4.69) is 9.47 Å². The fourth-order valence-electron chi connectivity index (χ4n) is 1.05. The highest BCUT2D eigenvalue weighted by Gasteiger charge is 2.44. The molecule has 0 radical (unpaired) electrons. The molecule has 0 saturated heterocycles. The van der Waals surface area contributed by atoms with Gasteiger partial charge in [0.2, 0.25) is 0 Å². The minimum atomic E-state index is -3.96. The lowest BCUT2D eigenvalue weighted by molar-refractivity contribution is -0.216. The van der Waals surface area contributed by atoms with E-state index in [4.69, 9.17) is 0 Å². The lowest BCUT2D eigenvalue weighted by Crippen LogP contribution is -2.36. The Hall–Kier alpha value is -1.30. The molecule has 0 atom stereocenters. The van der Waals surface area contributed by atoms with Crippen molar-refractivity contribution in [2.75, 3.05) is 12.9 Å². The van der Waals surface area contributed by atoms with Crippen molar-refractivity contribution in [3.05, 3.63) is 24.3 Å². The summed E-state index contributed by atoms with van der Waals surface area (Å²) in [4.78, 5) is 11.8. The molecule has 0 unspecified atom stereocenters. The van der Waals surface area contributed by atoms with E-state index >= 15 is 0 Å². The summed E-state index contributed by atoms with van der Waals surface area (Å²) in [5.74, 6) is -1.77. The fourth-order valence-corrected chi connectivity index (χ4v) is 1.46. The highest BCUT2D eigenvalue weighted by atomic mass is 32.2. The lowest BCUT2D eigenvalue weighted by atomic mass is 10.3. The van der Waals surface area contributed by atoms with E-state index in [1.54, 1.807) is 12.1 Å². The molecule has 1 aromatic carbocycles. The molecule has 0 heterocycles. The van der Waals surface area contributed by atoms with Gasteiger partial charge in [0.1, 0.15) is 5.75 Å². The Morgan fingerprint density at radius 3 is 2.41 bits per heavy atom. The minimum absolute atomic E-state index is 0.0825. The van der Waals surface area contributed by atoms with Crippen LogP contribution in [0.4, 0.5) is 8.78 Å². The number of carbonyl (C=O) groups is 1. The molecule has 0 fully saturated rings. The summed E-state index contributed by atoms with van der Waals surface area (Å²) in [6.45, 7) is 1.32. The normalized spacial score (nSPS) is 11.1.